The van der Waals surface area contributed by atoms with Crippen LogP contribution in [0.5, 0.6) is 5.75 Å². The number of nitrogens with zero attached hydrogens (tertiary/aromatic N) is 4. The number of aromatic nitrogens is 4. The van der Waals surface area contributed by atoms with Crippen molar-refractivity contribution < 1.29 is 18.3 Å². The molecule has 0 unspecified atom stereocenters. The van der Waals surface area contributed by atoms with Gasteiger partial charge in [0.2, 0.25) is 0 Å². The van der Waals surface area contributed by atoms with E-state index < -0.39 is 6.61 Å². The Balaban J connectivity index is 1.79. The minimum atomic E-state index is -2.86. The lowest BCUT2D eigenvalue weighted by molar-refractivity contribution is -0.0498. The van der Waals surface area contributed by atoms with E-state index in [-0.39, 0.29) is 17.3 Å². The Bertz CT molecular complexity index is 951. The predicted molar refractivity (Wildman–Crippen MR) is 97.9 cm³/mol. The number of carbonyl (C=O) groups is 1. The van der Waals surface area contributed by atoms with Crippen LogP contribution in [0.1, 0.15) is 21.7 Å². The van der Waals surface area contributed by atoms with Crippen molar-refractivity contribution >= 4 is 17.5 Å². The Kier molecular flexibility index (Phi) is 5.59. The molecule has 2 heterocycles. The molecule has 0 atom stereocenters. The highest BCUT2D eigenvalue weighted by Crippen LogP contribution is 2.25. The number of halogens is 2. The molecule has 1 aromatic carbocycles. The highest BCUT2D eigenvalue weighted by molar-refractivity contribution is 7.99. The van der Waals surface area contributed by atoms with E-state index in [4.69, 9.17) is 0 Å². The molecule has 0 aliphatic carbocycles. The molecular weight excluding hydrogens is 374 g/mol. The van der Waals surface area contributed by atoms with Crippen LogP contribution < -0.4 is 4.74 Å². The van der Waals surface area contributed by atoms with Gasteiger partial charge in [-0.15, -0.1) is 10.2 Å². The molecule has 27 heavy (non-hydrogen) atoms. The van der Waals surface area contributed by atoms with Gasteiger partial charge in [0, 0.05) is 29.7 Å². The maximum atomic E-state index is 12.6. The molecule has 0 aliphatic rings. The molecule has 2 aromatic heterocycles. The topological polar surface area (TPSA) is 61.9 Å². The highest BCUT2D eigenvalue weighted by Gasteiger charge is 2.18. The molecule has 3 rings (SSSR count). The van der Waals surface area contributed by atoms with Crippen LogP contribution in [0, 0.1) is 13.8 Å². The van der Waals surface area contributed by atoms with Crippen molar-refractivity contribution in [2.24, 2.45) is 7.05 Å². The third kappa shape index (κ3) is 4.19. The molecule has 9 heteroatoms. The second-order valence-electron chi connectivity index (χ2n) is 5.93. The van der Waals surface area contributed by atoms with Gasteiger partial charge in [-0.25, -0.2) is 0 Å². The molecule has 0 radical (unpaired) electrons. The third-order valence-electron chi connectivity index (χ3n) is 4.05. The van der Waals surface area contributed by atoms with E-state index in [0.29, 0.717) is 10.7 Å². The molecule has 142 valence electrons. The van der Waals surface area contributed by atoms with Crippen LogP contribution in [0.2, 0.25) is 0 Å². The highest BCUT2D eigenvalue weighted by atomic mass is 32.2. The number of thioether (sulfide) groups is 1. The molecule has 0 saturated carbocycles. The summed E-state index contributed by atoms with van der Waals surface area (Å²) in [5.74, 6) is 0.324. The summed E-state index contributed by atoms with van der Waals surface area (Å²) in [7, 11) is 1.82. The van der Waals surface area contributed by atoms with E-state index in [1.807, 2.05) is 31.5 Å². The summed E-state index contributed by atoms with van der Waals surface area (Å²) in [5, 5.41) is 8.42. The summed E-state index contributed by atoms with van der Waals surface area (Å²) in [6.07, 6.45) is 1.58. The molecule has 3 aromatic rings. The van der Waals surface area contributed by atoms with Gasteiger partial charge < -0.3 is 13.9 Å². The summed E-state index contributed by atoms with van der Waals surface area (Å²) in [6, 6.07) is 8.15. The number of ether oxygens (including phenoxy) is 1. The largest absolute Gasteiger partial charge is 0.435 e. The number of aryl methyl sites for hydroxylation is 2. The van der Waals surface area contributed by atoms with Crippen molar-refractivity contribution in [2.75, 3.05) is 5.75 Å². The molecular formula is C18H18F2N4O2S. The van der Waals surface area contributed by atoms with E-state index in [1.54, 1.807) is 23.0 Å². The average Bonchev–Trinajstić information content (AvgIpc) is 3.16. The number of Topliss-reactive ketones (excluding diaryl/α,β-unsaturated/α-hetero) is 1. The van der Waals surface area contributed by atoms with Gasteiger partial charge in [0.1, 0.15) is 12.1 Å². The second kappa shape index (κ2) is 7.91. The number of rotatable bonds is 7. The van der Waals surface area contributed by atoms with Gasteiger partial charge in [0.25, 0.3) is 0 Å². The second-order valence-corrected chi connectivity index (χ2v) is 6.87. The van der Waals surface area contributed by atoms with Gasteiger partial charge in [-0.3, -0.25) is 4.79 Å². The number of benzene rings is 1. The Hall–Kier alpha value is -2.68. The SMILES string of the molecule is Cc1cc(C(=O)CSc2nncn2C)c(C)n1-c1ccc(OC(F)F)cc1. The fourth-order valence-corrected chi connectivity index (χ4v) is 3.60. The van der Waals surface area contributed by atoms with Crippen molar-refractivity contribution in [3.63, 3.8) is 0 Å². The van der Waals surface area contributed by atoms with Gasteiger partial charge in [-0.2, -0.15) is 8.78 Å². The minimum Gasteiger partial charge on any atom is -0.435 e. The normalized spacial score (nSPS) is 11.2. The summed E-state index contributed by atoms with van der Waals surface area (Å²) >= 11 is 1.33. The number of carbonyl (C=O) groups excluding carboxylic acids is 1. The van der Waals surface area contributed by atoms with Crippen LogP contribution in [-0.2, 0) is 7.05 Å². The van der Waals surface area contributed by atoms with Crippen LogP contribution in [0.4, 0.5) is 8.78 Å². The molecule has 0 saturated heterocycles. The Morgan fingerprint density at radius 1 is 1.26 bits per heavy atom. The van der Waals surface area contributed by atoms with Crippen molar-refractivity contribution in [1.82, 2.24) is 19.3 Å². The first-order valence-electron chi connectivity index (χ1n) is 8.11. The van der Waals surface area contributed by atoms with Crippen molar-refractivity contribution in [3.8, 4) is 11.4 Å². The van der Waals surface area contributed by atoms with Crippen LogP contribution in [-0.4, -0.2) is 37.5 Å². The predicted octanol–water partition coefficient (Wildman–Crippen LogP) is 3.80. The quantitative estimate of drug-likeness (QED) is 0.452. The fraction of sp³-hybridized carbons (Fsp3) is 0.278. The van der Waals surface area contributed by atoms with E-state index in [9.17, 15) is 13.6 Å². The summed E-state index contributed by atoms with van der Waals surface area (Å²) < 4.78 is 32.6. The number of hydrogen-bond acceptors (Lipinski definition) is 5. The van der Waals surface area contributed by atoms with Crippen molar-refractivity contribution in [3.05, 3.63) is 53.6 Å². The van der Waals surface area contributed by atoms with Crippen molar-refractivity contribution in [1.29, 1.82) is 0 Å². The van der Waals surface area contributed by atoms with Gasteiger partial charge in [0.05, 0.1) is 5.75 Å². The van der Waals surface area contributed by atoms with E-state index in [2.05, 4.69) is 14.9 Å². The zero-order chi connectivity index (χ0) is 19.6. The minimum absolute atomic E-state index is 0.0139. The Morgan fingerprint density at radius 2 is 1.96 bits per heavy atom. The van der Waals surface area contributed by atoms with Crippen molar-refractivity contribution in [2.45, 2.75) is 25.6 Å². The van der Waals surface area contributed by atoms with E-state index in [1.165, 1.54) is 23.9 Å². The fourth-order valence-electron chi connectivity index (χ4n) is 2.83. The average molecular weight is 392 g/mol. The number of hydrogen-bond donors (Lipinski definition) is 0. The first kappa shape index (κ1) is 19.1. The van der Waals surface area contributed by atoms with Gasteiger partial charge in [-0.05, 0) is 44.2 Å². The number of alkyl halides is 2. The van der Waals surface area contributed by atoms with Gasteiger partial charge >= 0.3 is 6.61 Å². The van der Waals surface area contributed by atoms with Crippen LogP contribution in [0.3, 0.4) is 0 Å². The van der Waals surface area contributed by atoms with Gasteiger partial charge in [0.15, 0.2) is 10.9 Å². The molecule has 6 nitrogen and oxygen atoms in total. The van der Waals surface area contributed by atoms with Gasteiger partial charge in [-0.1, -0.05) is 11.8 Å². The molecule has 0 N–H and O–H groups in total. The molecule has 0 aliphatic heterocycles. The monoisotopic (exact) mass is 392 g/mol. The third-order valence-corrected chi connectivity index (χ3v) is 5.09. The Labute approximate surface area is 159 Å². The summed E-state index contributed by atoms with van der Waals surface area (Å²) in [6.45, 7) is 0.890. The smallest absolute Gasteiger partial charge is 0.387 e. The van der Waals surface area contributed by atoms with Crippen LogP contribution >= 0.6 is 11.8 Å². The zero-order valence-corrected chi connectivity index (χ0v) is 15.8. The molecule has 0 spiro atoms. The van der Waals surface area contributed by atoms with Crippen LogP contribution in [0.15, 0.2) is 41.8 Å². The molecule has 0 fully saturated rings. The van der Waals surface area contributed by atoms with E-state index in [0.717, 1.165) is 17.1 Å². The Morgan fingerprint density at radius 3 is 2.56 bits per heavy atom. The first-order chi connectivity index (χ1) is 12.9. The summed E-state index contributed by atoms with van der Waals surface area (Å²) in [4.78, 5) is 12.6. The standard InChI is InChI=1S/C18H18F2N4O2S/c1-11-8-15(16(25)9-27-18-22-21-10-23(18)3)12(2)24(11)13-4-6-14(7-5-13)26-17(19)20/h4-8,10,17H,9H2,1-3H3. The number of ketones is 1. The van der Waals surface area contributed by atoms with E-state index >= 15 is 0 Å². The zero-order valence-electron chi connectivity index (χ0n) is 15.0. The molecule has 0 bridgehead atoms. The lowest BCUT2D eigenvalue weighted by atomic mass is 10.2. The first-order valence-corrected chi connectivity index (χ1v) is 9.09. The molecule has 0 amide bonds. The lowest BCUT2D eigenvalue weighted by Gasteiger charge is -2.11. The maximum absolute atomic E-state index is 12.6. The van der Waals surface area contributed by atoms with Crippen LogP contribution in [0.25, 0.3) is 5.69 Å². The maximum Gasteiger partial charge on any atom is 0.387 e. The lowest BCUT2D eigenvalue weighted by Crippen LogP contribution is -2.06. The summed E-state index contributed by atoms with van der Waals surface area (Å²) in [5.41, 5.74) is 3.06.